The Hall–Kier alpha value is -3.48. The number of carbonyl (C=O) groups is 1. The number of H-pyrrole nitrogens is 1. The molecule has 7 nitrogen and oxygen atoms in total. The van der Waals surface area contributed by atoms with Crippen molar-refractivity contribution in [2.75, 3.05) is 13.2 Å². The van der Waals surface area contributed by atoms with Crippen molar-refractivity contribution in [1.29, 1.82) is 0 Å². The van der Waals surface area contributed by atoms with Gasteiger partial charge in [-0.2, -0.15) is 15.3 Å². The van der Waals surface area contributed by atoms with Crippen molar-refractivity contribution in [3.05, 3.63) is 59.8 Å². The van der Waals surface area contributed by atoms with E-state index < -0.39 is 0 Å². The first kappa shape index (κ1) is 20.8. The number of carbonyl (C=O) groups excluding carboxylic acids is 1. The van der Waals surface area contributed by atoms with E-state index in [4.69, 9.17) is 4.74 Å². The van der Waals surface area contributed by atoms with Gasteiger partial charge in [-0.05, 0) is 53.9 Å². The average molecular weight is 418 g/mol. The quantitative estimate of drug-likeness (QED) is 0.517. The Balaban J connectivity index is 1.23. The van der Waals surface area contributed by atoms with Crippen LogP contribution >= 0.6 is 0 Å². The highest BCUT2D eigenvalue weighted by Gasteiger charge is 2.15. The molecule has 1 aromatic heterocycles. The molecule has 0 fully saturated rings. The first-order valence-electron chi connectivity index (χ1n) is 10.6. The lowest BCUT2D eigenvalue weighted by molar-refractivity contribution is -0.123. The highest BCUT2D eigenvalue weighted by molar-refractivity contribution is 6.15. The molecule has 160 valence electrons. The largest absolute Gasteiger partial charge is 0.494 e. The van der Waals surface area contributed by atoms with Crippen LogP contribution in [-0.2, 0) is 11.2 Å². The Morgan fingerprint density at radius 3 is 2.81 bits per heavy atom. The summed E-state index contributed by atoms with van der Waals surface area (Å²) in [5.74, 6) is 0.897. The van der Waals surface area contributed by atoms with E-state index in [0.29, 0.717) is 13.2 Å². The summed E-state index contributed by atoms with van der Waals surface area (Å²) in [6, 6.07) is 14.2. The van der Waals surface area contributed by atoms with Crippen molar-refractivity contribution in [3.63, 3.8) is 0 Å². The fourth-order valence-electron chi connectivity index (χ4n) is 3.41. The molecule has 0 bridgehead atoms. The molecule has 2 heterocycles. The monoisotopic (exact) mass is 417 g/mol. The second-order valence-corrected chi connectivity index (χ2v) is 8.03. The van der Waals surface area contributed by atoms with Crippen molar-refractivity contribution in [3.8, 4) is 5.75 Å². The first-order valence-corrected chi connectivity index (χ1v) is 10.6. The Labute approximate surface area is 181 Å². The molecule has 2 N–H and O–H groups in total. The molecule has 1 amide bonds. The second-order valence-electron chi connectivity index (χ2n) is 8.03. The molecular weight excluding hydrogens is 390 g/mol. The molecular formula is C24H27N5O2. The van der Waals surface area contributed by atoms with Gasteiger partial charge in [0.2, 0.25) is 5.91 Å². The maximum absolute atomic E-state index is 11.5. The van der Waals surface area contributed by atoms with E-state index in [0.717, 1.165) is 52.9 Å². The predicted octanol–water partition coefficient (Wildman–Crippen LogP) is 3.90. The average Bonchev–Trinajstić information content (AvgIpc) is 3.43. The molecule has 0 atom stereocenters. The third kappa shape index (κ3) is 5.36. The van der Waals surface area contributed by atoms with Gasteiger partial charge >= 0.3 is 0 Å². The molecule has 7 heteroatoms. The van der Waals surface area contributed by atoms with Crippen LogP contribution in [0.2, 0.25) is 0 Å². The minimum absolute atomic E-state index is 0.0108. The first-order chi connectivity index (χ1) is 15.1. The van der Waals surface area contributed by atoms with Crippen LogP contribution in [0.4, 0.5) is 0 Å². The molecule has 1 aliphatic heterocycles. The summed E-state index contributed by atoms with van der Waals surface area (Å²) in [5, 5.41) is 19.8. The SMILES string of the molecule is CC(C)C(=O)NCCCOc1ccc(C2=NN=C(Cc3ccc4[nH]ncc4c3)C2)cc1. The van der Waals surface area contributed by atoms with Crippen LogP contribution in [0.5, 0.6) is 5.75 Å². The van der Waals surface area contributed by atoms with E-state index in [-0.39, 0.29) is 11.8 Å². The molecule has 31 heavy (non-hydrogen) atoms. The number of hydrogen-bond donors (Lipinski definition) is 2. The Morgan fingerprint density at radius 1 is 1.16 bits per heavy atom. The fraction of sp³-hybridized carbons (Fsp3) is 0.333. The number of ether oxygens (including phenoxy) is 1. The Morgan fingerprint density at radius 2 is 2.00 bits per heavy atom. The maximum Gasteiger partial charge on any atom is 0.222 e. The lowest BCUT2D eigenvalue weighted by atomic mass is 10.0. The van der Waals surface area contributed by atoms with Gasteiger partial charge in [-0.3, -0.25) is 9.89 Å². The van der Waals surface area contributed by atoms with E-state index in [1.54, 1.807) is 0 Å². The normalized spacial score (nSPS) is 13.4. The van der Waals surface area contributed by atoms with Crippen LogP contribution in [0, 0.1) is 5.92 Å². The minimum atomic E-state index is 0.0108. The predicted molar refractivity (Wildman–Crippen MR) is 123 cm³/mol. The van der Waals surface area contributed by atoms with E-state index in [1.807, 2.05) is 50.4 Å². The molecule has 2 aromatic carbocycles. The van der Waals surface area contributed by atoms with Gasteiger partial charge in [0.25, 0.3) is 0 Å². The summed E-state index contributed by atoms with van der Waals surface area (Å²) in [7, 11) is 0. The van der Waals surface area contributed by atoms with E-state index in [2.05, 4.69) is 37.8 Å². The summed E-state index contributed by atoms with van der Waals surface area (Å²) in [6.45, 7) is 4.96. The summed E-state index contributed by atoms with van der Waals surface area (Å²) in [6.07, 6.45) is 4.14. The number of amides is 1. The number of hydrogen-bond acceptors (Lipinski definition) is 5. The highest BCUT2D eigenvalue weighted by atomic mass is 16.5. The van der Waals surface area contributed by atoms with Crippen LogP contribution < -0.4 is 10.1 Å². The molecule has 0 saturated carbocycles. The van der Waals surface area contributed by atoms with Gasteiger partial charge in [0, 0.05) is 30.7 Å². The summed E-state index contributed by atoms with van der Waals surface area (Å²) < 4.78 is 5.77. The van der Waals surface area contributed by atoms with Crippen LogP contribution in [0.1, 0.15) is 37.8 Å². The lowest BCUT2D eigenvalue weighted by Crippen LogP contribution is -2.29. The summed E-state index contributed by atoms with van der Waals surface area (Å²) in [5.41, 5.74) is 5.33. The zero-order chi connectivity index (χ0) is 21.6. The van der Waals surface area contributed by atoms with Gasteiger partial charge in [-0.1, -0.05) is 19.9 Å². The van der Waals surface area contributed by atoms with Gasteiger partial charge in [0.1, 0.15) is 5.75 Å². The number of benzene rings is 2. The molecule has 3 aromatic rings. The number of aromatic amines is 1. The highest BCUT2D eigenvalue weighted by Crippen LogP contribution is 2.20. The van der Waals surface area contributed by atoms with Crippen molar-refractivity contribution in [2.45, 2.75) is 33.1 Å². The van der Waals surface area contributed by atoms with Crippen molar-refractivity contribution in [1.82, 2.24) is 15.5 Å². The van der Waals surface area contributed by atoms with Crippen molar-refractivity contribution < 1.29 is 9.53 Å². The van der Waals surface area contributed by atoms with E-state index in [9.17, 15) is 4.79 Å². The fourth-order valence-corrected chi connectivity index (χ4v) is 3.41. The number of fused-ring (bicyclic) bond motifs is 1. The van der Waals surface area contributed by atoms with Gasteiger partial charge in [-0.25, -0.2) is 0 Å². The topological polar surface area (TPSA) is 91.7 Å². The number of nitrogens with one attached hydrogen (secondary N) is 2. The number of rotatable bonds is 9. The summed E-state index contributed by atoms with van der Waals surface area (Å²) >= 11 is 0. The van der Waals surface area contributed by atoms with Gasteiger partial charge in [0.05, 0.1) is 29.7 Å². The third-order valence-corrected chi connectivity index (χ3v) is 5.20. The molecule has 4 rings (SSSR count). The molecule has 0 unspecified atom stereocenters. The van der Waals surface area contributed by atoms with Crippen LogP contribution in [0.3, 0.4) is 0 Å². The minimum Gasteiger partial charge on any atom is -0.494 e. The Bertz CT molecular complexity index is 1110. The third-order valence-electron chi connectivity index (χ3n) is 5.20. The van der Waals surface area contributed by atoms with Crippen LogP contribution in [0.15, 0.2) is 58.9 Å². The molecule has 0 spiro atoms. The number of nitrogens with zero attached hydrogens (tertiary/aromatic N) is 3. The summed E-state index contributed by atoms with van der Waals surface area (Å²) in [4.78, 5) is 11.5. The van der Waals surface area contributed by atoms with E-state index >= 15 is 0 Å². The van der Waals surface area contributed by atoms with Crippen LogP contribution in [-0.4, -0.2) is 40.7 Å². The zero-order valence-electron chi connectivity index (χ0n) is 17.9. The van der Waals surface area contributed by atoms with E-state index in [1.165, 1.54) is 5.56 Å². The zero-order valence-corrected chi connectivity index (χ0v) is 17.9. The van der Waals surface area contributed by atoms with Crippen molar-refractivity contribution >= 4 is 28.2 Å². The van der Waals surface area contributed by atoms with Crippen molar-refractivity contribution in [2.24, 2.45) is 16.1 Å². The number of aromatic nitrogens is 2. The molecule has 1 aliphatic rings. The smallest absolute Gasteiger partial charge is 0.222 e. The molecule has 0 saturated heterocycles. The lowest BCUT2D eigenvalue weighted by Gasteiger charge is -2.09. The van der Waals surface area contributed by atoms with Gasteiger partial charge in [-0.15, -0.1) is 0 Å². The maximum atomic E-state index is 11.5. The van der Waals surface area contributed by atoms with Crippen LogP contribution in [0.25, 0.3) is 10.9 Å². The second kappa shape index (κ2) is 9.55. The molecule has 0 aliphatic carbocycles. The molecule has 0 radical (unpaired) electrons. The Kier molecular flexibility index (Phi) is 6.40. The standard InChI is InChI=1S/C24H27N5O2/c1-16(2)24(30)25-10-3-11-31-21-7-5-18(6-8-21)23-14-20(27-29-23)13-17-4-9-22-19(12-17)15-26-28-22/h4-9,12,15-16H,3,10-11,13-14H2,1-2H3,(H,25,30)(H,26,28). The van der Waals surface area contributed by atoms with Gasteiger partial charge < -0.3 is 10.1 Å². The van der Waals surface area contributed by atoms with Gasteiger partial charge in [0.15, 0.2) is 0 Å².